The van der Waals surface area contributed by atoms with E-state index in [0.717, 1.165) is 31.3 Å². The summed E-state index contributed by atoms with van der Waals surface area (Å²) >= 11 is 0. The second-order valence-corrected chi connectivity index (χ2v) is 7.40. The summed E-state index contributed by atoms with van der Waals surface area (Å²) in [7, 11) is 0. The molecule has 0 radical (unpaired) electrons. The number of rotatable bonds is 19. The summed E-state index contributed by atoms with van der Waals surface area (Å²) in [5.74, 6) is -0.445. The van der Waals surface area contributed by atoms with E-state index < -0.39 is 0 Å². The number of hydrogen-bond donors (Lipinski definition) is 0. The highest BCUT2D eigenvalue weighted by molar-refractivity contribution is 5.73. The molecule has 0 saturated carbocycles. The van der Waals surface area contributed by atoms with Crippen molar-refractivity contribution in [1.29, 1.82) is 0 Å². The Labute approximate surface area is 167 Å². The Hall–Kier alpha value is -1.32. The van der Waals surface area contributed by atoms with Gasteiger partial charge < -0.3 is 9.47 Å². The maximum atomic E-state index is 11.8. The molecular formula is C23H42O4. The quantitative estimate of drug-likeness (QED) is 0.145. The molecule has 0 aromatic rings. The largest absolute Gasteiger partial charge is 0.466 e. The standard InChI is InChI=1S/C23H42O4/c1-4-6-8-10-12-14-18-26-22(24)17-16-21(3)20-23(25)27-19-15-13-11-9-7-5-2/h3-20H2,1-2H3. The van der Waals surface area contributed by atoms with Gasteiger partial charge in [-0.2, -0.15) is 0 Å². The van der Waals surface area contributed by atoms with Gasteiger partial charge in [-0.3, -0.25) is 9.59 Å². The molecule has 4 nitrogen and oxygen atoms in total. The van der Waals surface area contributed by atoms with Gasteiger partial charge in [0.25, 0.3) is 0 Å². The third-order valence-electron chi connectivity index (χ3n) is 4.60. The van der Waals surface area contributed by atoms with Crippen LogP contribution in [0.25, 0.3) is 0 Å². The van der Waals surface area contributed by atoms with Crippen molar-refractivity contribution < 1.29 is 19.1 Å². The Morgan fingerprint density at radius 3 is 1.59 bits per heavy atom. The highest BCUT2D eigenvalue weighted by atomic mass is 16.5. The molecule has 0 heterocycles. The van der Waals surface area contributed by atoms with E-state index in [1.807, 2.05) is 0 Å². The van der Waals surface area contributed by atoms with Crippen LogP contribution in [-0.2, 0) is 19.1 Å². The van der Waals surface area contributed by atoms with E-state index in [1.54, 1.807) is 0 Å². The molecule has 0 rings (SSSR count). The van der Waals surface area contributed by atoms with Crippen LogP contribution in [-0.4, -0.2) is 25.2 Å². The van der Waals surface area contributed by atoms with Crippen LogP contribution in [0.15, 0.2) is 12.2 Å². The summed E-state index contributed by atoms with van der Waals surface area (Å²) in [6.07, 6.45) is 15.0. The minimum atomic E-state index is -0.242. The highest BCUT2D eigenvalue weighted by Gasteiger charge is 2.09. The first kappa shape index (κ1) is 25.7. The Morgan fingerprint density at radius 2 is 1.07 bits per heavy atom. The Bertz CT molecular complexity index is 390. The van der Waals surface area contributed by atoms with Gasteiger partial charge in [0.1, 0.15) is 0 Å². The first-order valence-electron chi connectivity index (χ1n) is 11.1. The maximum absolute atomic E-state index is 11.8. The molecule has 0 atom stereocenters. The lowest BCUT2D eigenvalue weighted by atomic mass is 10.1. The molecule has 0 saturated heterocycles. The second kappa shape index (κ2) is 19.4. The third-order valence-corrected chi connectivity index (χ3v) is 4.60. The average Bonchev–Trinajstić information content (AvgIpc) is 2.65. The minimum Gasteiger partial charge on any atom is -0.466 e. The summed E-state index contributed by atoms with van der Waals surface area (Å²) < 4.78 is 10.5. The van der Waals surface area contributed by atoms with Crippen molar-refractivity contribution in [2.75, 3.05) is 13.2 Å². The summed E-state index contributed by atoms with van der Waals surface area (Å²) in [6, 6.07) is 0. The van der Waals surface area contributed by atoms with Gasteiger partial charge in [0.05, 0.1) is 19.6 Å². The summed E-state index contributed by atoms with van der Waals surface area (Å²) in [4.78, 5) is 23.5. The summed E-state index contributed by atoms with van der Waals surface area (Å²) in [6.45, 7) is 9.25. The average molecular weight is 383 g/mol. The number of esters is 2. The van der Waals surface area contributed by atoms with E-state index >= 15 is 0 Å². The van der Waals surface area contributed by atoms with E-state index in [1.165, 1.54) is 51.4 Å². The van der Waals surface area contributed by atoms with Crippen molar-refractivity contribution in [3.63, 3.8) is 0 Å². The molecule has 0 aliphatic carbocycles. The maximum Gasteiger partial charge on any atom is 0.309 e. The third kappa shape index (κ3) is 19.3. The molecule has 0 spiro atoms. The van der Waals surface area contributed by atoms with E-state index in [2.05, 4.69) is 20.4 Å². The smallest absolute Gasteiger partial charge is 0.309 e. The summed E-state index contributed by atoms with van der Waals surface area (Å²) in [5, 5.41) is 0. The van der Waals surface area contributed by atoms with Gasteiger partial charge in [-0.25, -0.2) is 0 Å². The molecule has 0 aliphatic heterocycles. The van der Waals surface area contributed by atoms with Crippen molar-refractivity contribution in [3.8, 4) is 0 Å². The van der Waals surface area contributed by atoms with Crippen LogP contribution in [0.2, 0.25) is 0 Å². The van der Waals surface area contributed by atoms with Crippen molar-refractivity contribution in [3.05, 3.63) is 12.2 Å². The first-order valence-corrected chi connectivity index (χ1v) is 11.1. The van der Waals surface area contributed by atoms with Gasteiger partial charge in [-0.05, 0) is 19.3 Å². The molecule has 0 bridgehead atoms. The van der Waals surface area contributed by atoms with Crippen LogP contribution in [0.1, 0.15) is 110 Å². The molecule has 0 aliphatic rings. The number of carbonyl (C=O) groups excluding carboxylic acids is 2. The molecule has 0 amide bonds. The Kier molecular flexibility index (Phi) is 18.5. The van der Waals surface area contributed by atoms with E-state index in [4.69, 9.17) is 9.47 Å². The first-order chi connectivity index (χ1) is 13.1. The van der Waals surface area contributed by atoms with Crippen LogP contribution in [0.5, 0.6) is 0 Å². The predicted octanol–water partition coefficient (Wildman–Crippen LogP) is 6.52. The van der Waals surface area contributed by atoms with Crippen molar-refractivity contribution >= 4 is 11.9 Å². The van der Waals surface area contributed by atoms with Crippen LogP contribution >= 0.6 is 0 Å². The fourth-order valence-electron chi connectivity index (χ4n) is 2.83. The van der Waals surface area contributed by atoms with Crippen molar-refractivity contribution in [2.45, 2.75) is 110 Å². The van der Waals surface area contributed by atoms with Gasteiger partial charge >= 0.3 is 11.9 Å². The van der Waals surface area contributed by atoms with E-state index in [-0.39, 0.29) is 18.4 Å². The molecule has 0 aromatic carbocycles. The molecule has 0 unspecified atom stereocenters. The van der Waals surface area contributed by atoms with Crippen LogP contribution < -0.4 is 0 Å². The van der Waals surface area contributed by atoms with E-state index in [0.29, 0.717) is 26.1 Å². The molecular weight excluding hydrogens is 340 g/mol. The Balaban J connectivity index is 3.52. The zero-order chi connectivity index (χ0) is 20.2. The molecule has 158 valence electrons. The van der Waals surface area contributed by atoms with Gasteiger partial charge in [0.15, 0.2) is 0 Å². The fraction of sp³-hybridized carbons (Fsp3) is 0.826. The molecule has 0 fully saturated rings. The SMILES string of the molecule is C=C(CCC(=O)OCCCCCCCC)CC(=O)OCCCCCCCC. The normalized spacial score (nSPS) is 10.6. The number of ether oxygens (including phenoxy) is 2. The zero-order valence-electron chi connectivity index (χ0n) is 17.9. The fourth-order valence-corrected chi connectivity index (χ4v) is 2.83. The molecule has 27 heavy (non-hydrogen) atoms. The topological polar surface area (TPSA) is 52.6 Å². The van der Waals surface area contributed by atoms with Crippen molar-refractivity contribution in [1.82, 2.24) is 0 Å². The Morgan fingerprint density at radius 1 is 0.630 bits per heavy atom. The van der Waals surface area contributed by atoms with Gasteiger partial charge in [-0.1, -0.05) is 90.2 Å². The zero-order valence-corrected chi connectivity index (χ0v) is 17.9. The monoisotopic (exact) mass is 382 g/mol. The molecule has 0 N–H and O–H groups in total. The number of unbranched alkanes of at least 4 members (excludes halogenated alkanes) is 10. The van der Waals surface area contributed by atoms with Gasteiger partial charge in [0, 0.05) is 6.42 Å². The van der Waals surface area contributed by atoms with Crippen LogP contribution in [0.3, 0.4) is 0 Å². The van der Waals surface area contributed by atoms with Gasteiger partial charge in [-0.15, -0.1) is 0 Å². The highest BCUT2D eigenvalue weighted by Crippen LogP contribution is 2.11. The molecule has 4 heteroatoms. The lowest BCUT2D eigenvalue weighted by Gasteiger charge is -2.08. The second-order valence-electron chi connectivity index (χ2n) is 7.40. The lowest BCUT2D eigenvalue weighted by Crippen LogP contribution is -2.09. The van der Waals surface area contributed by atoms with Crippen molar-refractivity contribution in [2.24, 2.45) is 0 Å². The van der Waals surface area contributed by atoms with Gasteiger partial charge in [0.2, 0.25) is 0 Å². The molecule has 0 aromatic heterocycles. The number of hydrogen-bond acceptors (Lipinski definition) is 4. The van der Waals surface area contributed by atoms with E-state index in [9.17, 15) is 9.59 Å². The van der Waals surface area contributed by atoms with Crippen LogP contribution in [0.4, 0.5) is 0 Å². The lowest BCUT2D eigenvalue weighted by molar-refractivity contribution is -0.145. The van der Waals surface area contributed by atoms with Crippen LogP contribution in [0, 0.1) is 0 Å². The summed E-state index contributed by atoms with van der Waals surface area (Å²) in [5.41, 5.74) is 0.736. The predicted molar refractivity (Wildman–Crippen MR) is 112 cm³/mol. The number of carbonyl (C=O) groups is 2. The minimum absolute atomic E-state index is 0.195.